The molecular weight excluding hydrogens is 240 g/mol. The second kappa shape index (κ2) is 4.95. The summed E-state index contributed by atoms with van der Waals surface area (Å²) in [5.74, 6) is 0. The molecular formula is C12H13ClN2S. The number of nitrogens with zero attached hydrogens (tertiary/aromatic N) is 1. The summed E-state index contributed by atoms with van der Waals surface area (Å²) < 4.78 is 0.820. The Hall–Kier alpha value is -0.900. The van der Waals surface area contributed by atoms with E-state index >= 15 is 0 Å². The van der Waals surface area contributed by atoms with E-state index in [4.69, 9.17) is 11.6 Å². The molecule has 0 saturated heterocycles. The summed E-state index contributed by atoms with van der Waals surface area (Å²) in [6.07, 6.45) is 1.84. The van der Waals surface area contributed by atoms with E-state index in [2.05, 4.69) is 22.4 Å². The minimum Gasteiger partial charge on any atom is -0.309 e. The van der Waals surface area contributed by atoms with Crippen LogP contribution in [0.5, 0.6) is 0 Å². The summed E-state index contributed by atoms with van der Waals surface area (Å²) in [7, 11) is 1.95. The summed E-state index contributed by atoms with van der Waals surface area (Å²) >= 11 is 7.56. The Kier molecular flexibility index (Phi) is 3.59. The number of nitrogens with one attached hydrogen (secondary N) is 1. The predicted molar refractivity (Wildman–Crippen MR) is 69.2 cm³/mol. The lowest BCUT2D eigenvalue weighted by Gasteiger charge is -2.15. The van der Waals surface area contributed by atoms with Crippen molar-refractivity contribution in [2.45, 2.75) is 13.0 Å². The molecule has 0 fully saturated rings. The van der Waals surface area contributed by atoms with Crippen LogP contribution >= 0.6 is 22.9 Å². The van der Waals surface area contributed by atoms with Crippen LogP contribution in [0.3, 0.4) is 0 Å². The van der Waals surface area contributed by atoms with Gasteiger partial charge in [-0.15, -0.1) is 11.3 Å². The molecule has 0 radical (unpaired) electrons. The molecule has 0 aliphatic carbocycles. The summed E-state index contributed by atoms with van der Waals surface area (Å²) in [5, 5.41) is 3.30. The lowest BCUT2D eigenvalue weighted by Crippen LogP contribution is -2.16. The summed E-state index contributed by atoms with van der Waals surface area (Å²) in [5.41, 5.74) is 2.24. The Balaban J connectivity index is 2.36. The van der Waals surface area contributed by atoms with Crippen molar-refractivity contribution in [3.8, 4) is 0 Å². The third-order valence-electron chi connectivity index (χ3n) is 2.42. The fourth-order valence-corrected chi connectivity index (χ4v) is 2.90. The van der Waals surface area contributed by atoms with Crippen molar-refractivity contribution in [1.29, 1.82) is 0 Å². The molecule has 0 saturated carbocycles. The lowest BCUT2D eigenvalue weighted by molar-refractivity contribution is 0.701. The van der Waals surface area contributed by atoms with Gasteiger partial charge in [0.25, 0.3) is 0 Å². The topological polar surface area (TPSA) is 24.9 Å². The molecule has 0 aliphatic heterocycles. The molecule has 4 heteroatoms. The van der Waals surface area contributed by atoms with Crippen molar-refractivity contribution in [3.63, 3.8) is 0 Å². The number of rotatable bonds is 3. The first kappa shape index (κ1) is 11.6. The van der Waals surface area contributed by atoms with Crippen LogP contribution in [-0.4, -0.2) is 12.0 Å². The van der Waals surface area contributed by atoms with Gasteiger partial charge in [-0.2, -0.15) is 0 Å². The van der Waals surface area contributed by atoms with Crippen LogP contribution in [0.2, 0.25) is 4.34 Å². The highest BCUT2D eigenvalue weighted by atomic mass is 35.5. The normalized spacial score (nSPS) is 12.7. The third kappa shape index (κ3) is 2.43. The van der Waals surface area contributed by atoms with Gasteiger partial charge in [0.2, 0.25) is 0 Å². The molecule has 16 heavy (non-hydrogen) atoms. The first-order chi connectivity index (χ1) is 7.70. The Morgan fingerprint density at radius 1 is 1.38 bits per heavy atom. The molecule has 2 aromatic rings. The molecule has 2 aromatic heterocycles. The summed E-state index contributed by atoms with van der Waals surface area (Å²) in [4.78, 5) is 5.43. The van der Waals surface area contributed by atoms with Gasteiger partial charge in [-0.05, 0) is 43.8 Å². The van der Waals surface area contributed by atoms with Crippen LogP contribution < -0.4 is 5.32 Å². The Bertz CT molecular complexity index is 481. The Labute approximate surface area is 104 Å². The number of aryl methyl sites for hydroxylation is 1. The third-order valence-corrected chi connectivity index (χ3v) is 3.72. The van der Waals surface area contributed by atoms with Crippen LogP contribution in [0.1, 0.15) is 22.2 Å². The van der Waals surface area contributed by atoms with Crippen molar-refractivity contribution in [1.82, 2.24) is 10.3 Å². The minimum atomic E-state index is 0.194. The van der Waals surface area contributed by atoms with Gasteiger partial charge in [-0.1, -0.05) is 11.6 Å². The van der Waals surface area contributed by atoms with E-state index in [9.17, 15) is 0 Å². The average molecular weight is 253 g/mol. The van der Waals surface area contributed by atoms with Gasteiger partial charge in [-0.3, -0.25) is 4.98 Å². The number of hydrogen-bond donors (Lipinski definition) is 1. The van der Waals surface area contributed by atoms with E-state index in [1.54, 1.807) is 11.3 Å². The van der Waals surface area contributed by atoms with Crippen LogP contribution in [0, 0.1) is 6.92 Å². The van der Waals surface area contributed by atoms with E-state index in [-0.39, 0.29) is 6.04 Å². The molecule has 0 amide bonds. The summed E-state index contributed by atoms with van der Waals surface area (Å²) in [6, 6.07) is 8.31. The van der Waals surface area contributed by atoms with Gasteiger partial charge in [-0.25, -0.2) is 0 Å². The van der Waals surface area contributed by atoms with Crippen molar-refractivity contribution in [2.24, 2.45) is 0 Å². The zero-order chi connectivity index (χ0) is 11.5. The van der Waals surface area contributed by atoms with Crippen molar-refractivity contribution in [3.05, 3.63) is 50.9 Å². The number of hydrogen-bond acceptors (Lipinski definition) is 3. The molecule has 1 atom stereocenters. The van der Waals surface area contributed by atoms with Crippen LogP contribution in [0.4, 0.5) is 0 Å². The van der Waals surface area contributed by atoms with E-state index in [1.807, 2.05) is 32.3 Å². The first-order valence-electron chi connectivity index (χ1n) is 5.06. The standard InChI is InChI=1S/C12H13ClN2S/c1-8-7-9(5-6-15-8)12(14-2)10-3-4-11(13)16-10/h3-7,12,14H,1-2H3. The minimum absolute atomic E-state index is 0.194. The highest BCUT2D eigenvalue weighted by molar-refractivity contribution is 7.16. The second-order valence-electron chi connectivity index (χ2n) is 3.59. The predicted octanol–water partition coefficient (Wildman–Crippen LogP) is 3.41. The molecule has 2 rings (SSSR count). The van der Waals surface area contributed by atoms with Gasteiger partial charge in [0, 0.05) is 16.8 Å². The number of pyridine rings is 1. The van der Waals surface area contributed by atoms with Crippen LogP contribution in [0.25, 0.3) is 0 Å². The van der Waals surface area contributed by atoms with Gasteiger partial charge < -0.3 is 5.32 Å². The molecule has 2 heterocycles. The number of halogens is 1. The fourth-order valence-electron chi connectivity index (χ4n) is 1.70. The molecule has 1 unspecified atom stereocenters. The number of aromatic nitrogens is 1. The Morgan fingerprint density at radius 3 is 2.75 bits per heavy atom. The highest BCUT2D eigenvalue weighted by Crippen LogP contribution is 2.30. The molecule has 0 bridgehead atoms. The maximum atomic E-state index is 5.96. The molecule has 0 aromatic carbocycles. The van der Waals surface area contributed by atoms with Gasteiger partial charge in [0.05, 0.1) is 10.4 Å². The quantitative estimate of drug-likeness (QED) is 0.906. The maximum Gasteiger partial charge on any atom is 0.0931 e. The monoisotopic (exact) mass is 252 g/mol. The van der Waals surface area contributed by atoms with E-state index < -0.39 is 0 Å². The molecule has 2 nitrogen and oxygen atoms in total. The summed E-state index contributed by atoms with van der Waals surface area (Å²) in [6.45, 7) is 2.00. The largest absolute Gasteiger partial charge is 0.309 e. The highest BCUT2D eigenvalue weighted by Gasteiger charge is 2.14. The number of thiophene rings is 1. The average Bonchev–Trinajstić information content (AvgIpc) is 2.66. The van der Waals surface area contributed by atoms with Gasteiger partial charge >= 0.3 is 0 Å². The molecule has 84 valence electrons. The smallest absolute Gasteiger partial charge is 0.0931 e. The van der Waals surface area contributed by atoms with Crippen molar-refractivity contribution < 1.29 is 0 Å². The van der Waals surface area contributed by atoms with Crippen molar-refractivity contribution in [2.75, 3.05) is 7.05 Å². The molecule has 0 spiro atoms. The molecule has 0 aliphatic rings. The zero-order valence-corrected chi connectivity index (χ0v) is 10.8. The van der Waals surface area contributed by atoms with E-state index in [0.717, 1.165) is 10.0 Å². The lowest BCUT2D eigenvalue weighted by atomic mass is 10.1. The van der Waals surface area contributed by atoms with Crippen LogP contribution in [0.15, 0.2) is 30.5 Å². The van der Waals surface area contributed by atoms with Gasteiger partial charge in [0.15, 0.2) is 0 Å². The SMILES string of the molecule is CNC(c1ccnc(C)c1)c1ccc(Cl)s1. The fraction of sp³-hybridized carbons (Fsp3) is 0.250. The Morgan fingerprint density at radius 2 is 2.19 bits per heavy atom. The van der Waals surface area contributed by atoms with Crippen molar-refractivity contribution >= 4 is 22.9 Å². The van der Waals surface area contributed by atoms with E-state index in [1.165, 1.54) is 10.4 Å². The second-order valence-corrected chi connectivity index (χ2v) is 5.34. The first-order valence-corrected chi connectivity index (χ1v) is 6.25. The van der Waals surface area contributed by atoms with Crippen LogP contribution in [-0.2, 0) is 0 Å². The van der Waals surface area contributed by atoms with E-state index in [0.29, 0.717) is 0 Å². The maximum absolute atomic E-state index is 5.96. The zero-order valence-electron chi connectivity index (χ0n) is 9.20. The molecule has 1 N–H and O–H groups in total. The van der Waals surface area contributed by atoms with Gasteiger partial charge in [0.1, 0.15) is 0 Å².